The minimum absolute atomic E-state index is 0. The third-order valence-corrected chi connectivity index (χ3v) is 6.11. The van der Waals surface area contributed by atoms with Gasteiger partial charge in [0.2, 0.25) is 0 Å². The van der Waals surface area contributed by atoms with Gasteiger partial charge in [-0.25, -0.2) is 0 Å². The Balaban J connectivity index is 0.000000152. The summed E-state index contributed by atoms with van der Waals surface area (Å²) in [6, 6.07) is 16.7. The van der Waals surface area contributed by atoms with Crippen LogP contribution in [0.2, 0.25) is 0 Å². The van der Waals surface area contributed by atoms with E-state index >= 15 is 0 Å². The molecule has 0 unspecified atom stereocenters. The van der Waals surface area contributed by atoms with Crippen LogP contribution in [0.1, 0.15) is 22.3 Å². The fourth-order valence-corrected chi connectivity index (χ4v) is 4.21. The molecule has 6 rings (SSSR count). The van der Waals surface area contributed by atoms with Crippen molar-refractivity contribution in [3.63, 3.8) is 0 Å². The van der Waals surface area contributed by atoms with E-state index < -0.39 is 0 Å². The summed E-state index contributed by atoms with van der Waals surface area (Å²) in [5.41, 5.74) is 8.99. The molecule has 0 spiro atoms. The van der Waals surface area contributed by atoms with Crippen LogP contribution in [-0.2, 0) is 19.5 Å². The van der Waals surface area contributed by atoms with Gasteiger partial charge in [0, 0.05) is 65.8 Å². The molecular weight excluding hydrogens is 493 g/mol. The Morgan fingerprint density at radius 1 is 0.364 bits per heavy atom. The van der Waals surface area contributed by atoms with Crippen LogP contribution in [-0.4, -0.2) is 19.9 Å². The number of nitrogens with zero attached hydrogens (tertiary/aromatic N) is 4. The van der Waals surface area contributed by atoms with Gasteiger partial charge in [-0.15, -0.1) is 0 Å². The second-order valence-corrected chi connectivity index (χ2v) is 8.23. The standard InChI is InChI=1S/2C14H12N2.Ru/c2*1-9-5-7-15-13-11(9)3-4-12-10(2)6-8-16-14(12)13;/h2*3-8H,1-2H3;. The number of pyridine rings is 4. The molecule has 0 radical (unpaired) electrons. The van der Waals surface area contributed by atoms with E-state index in [4.69, 9.17) is 0 Å². The summed E-state index contributed by atoms with van der Waals surface area (Å²) in [5, 5.41) is 4.75. The zero-order valence-corrected chi connectivity index (χ0v) is 20.8. The molecule has 0 aliphatic heterocycles. The number of aryl methyl sites for hydroxylation is 4. The van der Waals surface area contributed by atoms with E-state index in [2.05, 4.69) is 71.9 Å². The van der Waals surface area contributed by atoms with Crippen molar-refractivity contribution >= 4 is 43.6 Å². The molecule has 0 amide bonds. The first kappa shape index (κ1) is 22.9. The average Bonchev–Trinajstić information content (AvgIpc) is 2.80. The molecule has 0 bridgehead atoms. The Kier molecular flexibility index (Phi) is 6.44. The van der Waals surface area contributed by atoms with Gasteiger partial charge in [0.15, 0.2) is 0 Å². The van der Waals surface area contributed by atoms with E-state index in [1.54, 1.807) is 0 Å². The van der Waals surface area contributed by atoms with Gasteiger partial charge in [0.1, 0.15) is 0 Å². The number of hydrogen-bond acceptors (Lipinski definition) is 4. The maximum atomic E-state index is 4.45. The summed E-state index contributed by atoms with van der Waals surface area (Å²) in [5.74, 6) is 0. The van der Waals surface area contributed by atoms with E-state index in [-0.39, 0.29) is 19.5 Å². The summed E-state index contributed by atoms with van der Waals surface area (Å²) in [4.78, 5) is 17.8. The first-order chi connectivity index (χ1) is 15.5. The first-order valence-electron chi connectivity index (χ1n) is 10.7. The van der Waals surface area contributed by atoms with Crippen molar-refractivity contribution in [3.8, 4) is 0 Å². The van der Waals surface area contributed by atoms with Crippen LogP contribution in [0.4, 0.5) is 0 Å². The zero-order valence-electron chi connectivity index (χ0n) is 19.1. The van der Waals surface area contributed by atoms with Gasteiger partial charge < -0.3 is 0 Å². The van der Waals surface area contributed by atoms with Gasteiger partial charge in [-0.1, -0.05) is 24.3 Å². The molecule has 2 aromatic carbocycles. The van der Waals surface area contributed by atoms with Crippen molar-refractivity contribution in [3.05, 3.63) is 95.6 Å². The van der Waals surface area contributed by atoms with Crippen LogP contribution in [0, 0.1) is 27.7 Å². The van der Waals surface area contributed by atoms with E-state index in [1.165, 1.54) is 43.8 Å². The molecule has 0 aliphatic carbocycles. The number of rotatable bonds is 0. The maximum Gasteiger partial charge on any atom is 0.0967 e. The zero-order chi connectivity index (χ0) is 22.2. The number of fused-ring (bicyclic) bond motifs is 6. The van der Waals surface area contributed by atoms with Crippen LogP contribution in [0.15, 0.2) is 73.3 Å². The fourth-order valence-electron chi connectivity index (χ4n) is 4.21. The first-order valence-corrected chi connectivity index (χ1v) is 10.7. The van der Waals surface area contributed by atoms with E-state index in [0.29, 0.717) is 0 Å². The van der Waals surface area contributed by atoms with E-state index in [1.807, 2.05) is 49.1 Å². The maximum absolute atomic E-state index is 4.45. The summed E-state index contributed by atoms with van der Waals surface area (Å²) >= 11 is 0. The molecule has 0 saturated carbocycles. The van der Waals surface area contributed by atoms with Gasteiger partial charge in [0.05, 0.1) is 22.1 Å². The van der Waals surface area contributed by atoms with Gasteiger partial charge >= 0.3 is 0 Å². The third-order valence-electron chi connectivity index (χ3n) is 6.11. The molecule has 0 saturated heterocycles. The largest absolute Gasteiger partial charge is 0.254 e. The predicted molar refractivity (Wildman–Crippen MR) is 133 cm³/mol. The summed E-state index contributed by atoms with van der Waals surface area (Å²) in [6.07, 6.45) is 7.39. The molecule has 0 N–H and O–H groups in total. The second-order valence-electron chi connectivity index (χ2n) is 8.23. The van der Waals surface area contributed by atoms with Gasteiger partial charge in [-0.2, -0.15) is 0 Å². The molecule has 4 aromatic heterocycles. The van der Waals surface area contributed by atoms with Gasteiger partial charge in [-0.3, -0.25) is 19.9 Å². The van der Waals surface area contributed by atoms with Crippen molar-refractivity contribution in [1.29, 1.82) is 0 Å². The smallest absolute Gasteiger partial charge is 0.0967 e. The van der Waals surface area contributed by atoms with Crippen LogP contribution in [0.25, 0.3) is 43.6 Å². The number of hydrogen-bond donors (Lipinski definition) is 0. The quantitative estimate of drug-likeness (QED) is 0.164. The van der Waals surface area contributed by atoms with Crippen LogP contribution >= 0.6 is 0 Å². The molecule has 4 nitrogen and oxygen atoms in total. The molecule has 33 heavy (non-hydrogen) atoms. The molecule has 0 aliphatic rings. The van der Waals surface area contributed by atoms with Crippen LogP contribution < -0.4 is 0 Å². The topological polar surface area (TPSA) is 51.6 Å². The minimum Gasteiger partial charge on any atom is -0.254 e. The van der Waals surface area contributed by atoms with Crippen LogP contribution in [0.3, 0.4) is 0 Å². The minimum atomic E-state index is 0. The van der Waals surface area contributed by atoms with Crippen molar-refractivity contribution in [2.24, 2.45) is 0 Å². The summed E-state index contributed by atoms with van der Waals surface area (Å²) in [6.45, 7) is 8.41. The molecular formula is C28H24N4Ru. The molecule has 6 aromatic rings. The van der Waals surface area contributed by atoms with E-state index in [0.717, 1.165) is 22.1 Å². The van der Waals surface area contributed by atoms with Crippen molar-refractivity contribution in [1.82, 2.24) is 19.9 Å². The number of aromatic nitrogens is 4. The Labute approximate surface area is 205 Å². The Morgan fingerprint density at radius 2 is 0.576 bits per heavy atom. The van der Waals surface area contributed by atoms with Crippen molar-refractivity contribution < 1.29 is 19.5 Å². The third kappa shape index (κ3) is 4.09. The van der Waals surface area contributed by atoms with Crippen molar-refractivity contribution in [2.45, 2.75) is 27.7 Å². The molecule has 164 valence electrons. The Morgan fingerprint density at radius 3 is 0.788 bits per heavy atom. The van der Waals surface area contributed by atoms with Gasteiger partial charge in [0.25, 0.3) is 0 Å². The second kappa shape index (κ2) is 9.29. The van der Waals surface area contributed by atoms with Crippen molar-refractivity contribution in [2.75, 3.05) is 0 Å². The summed E-state index contributed by atoms with van der Waals surface area (Å²) < 4.78 is 0. The van der Waals surface area contributed by atoms with Gasteiger partial charge in [-0.05, 0) is 74.2 Å². The fraction of sp³-hybridized carbons (Fsp3) is 0.143. The van der Waals surface area contributed by atoms with E-state index in [9.17, 15) is 0 Å². The van der Waals surface area contributed by atoms with Crippen LogP contribution in [0.5, 0.6) is 0 Å². The number of benzene rings is 2. The SMILES string of the molecule is Cc1ccnc2c1ccc1c(C)ccnc12.Cc1ccnc2c1ccc1c(C)ccnc12.[Ru]. The average molecular weight is 518 g/mol. The monoisotopic (exact) mass is 518 g/mol. The molecule has 0 fully saturated rings. The molecule has 5 heteroatoms. The summed E-state index contributed by atoms with van der Waals surface area (Å²) in [7, 11) is 0. The molecule has 4 heterocycles. The Bertz CT molecular complexity index is 1380. The normalized spacial score (nSPS) is 10.8. The Hall–Kier alpha value is -3.30. The molecule has 0 atom stereocenters. The predicted octanol–water partition coefficient (Wildman–Crippen LogP) is 6.80.